The van der Waals surface area contributed by atoms with Gasteiger partial charge in [-0.2, -0.15) is 5.10 Å². The summed E-state index contributed by atoms with van der Waals surface area (Å²) in [6.45, 7) is 20.2. The molecule has 3 aromatic rings. The summed E-state index contributed by atoms with van der Waals surface area (Å²) in [4.78, 5) is 41.6. The van der Waals surface area contributed by atoms with Gasteiger partial charge in [0.2, 0.25) is 0 Å². The first kappa shape index (κ1) is 34.9. The minimum Gasteiger partial charge on any atom is -0.444 e. The summed E-state index contributed by atoms with van der Waals surface area (Å²) in [5.74, 6) is 2.41. The Hall–Kier alpha value is -3.97. The van der Waals surface area contributed by atoms with Crippen molar-refractivity contribution in [2.75, 3.05) is 26.2 Å². The van der Waals surface area contributed by atoms with Gasteiger partial charge in [0.15, 0.2) is 0 Å². The number of carbonyl (C=O) groups excluding carboxylic acids is 2. The van der Waals surface area contributed by atoms with Crippen molar-refractivity contribution < 1.29 is 18.7 Å². The third kappa shape index (κ3) is 7.52. The Morgan fingerprint density at radius 2 is 1.54 bits per heavy atom. The highest BCUT2D eigenvalue weighted by Gasteiger charge is 2.41. The summed E-state index contributed by atoms with van der Waals surface area (Å²) in [5, 5.41) is 8.12. The van der Waals surface area contributed by atoms with Crippen molar-refractivity contribution in [3.8, 4) is 11.5 Å². The van der Waals surface area contributed by atoms with E-state index in [1.807, 2.05) is 12.1 Å². The summed E-state index contributed by atoms with van der Waals surface area (Å²) in [6, 6.07) is 10.0. The lowest BCUT2D eigenvalue weighted by atomic mass is 10.0. The Kier molecular flexibility index (Phi) is 10.5. The molecular formula is C36H47FN4O4Si. The van der Waals surface area contributed by atoms with Gasteiger partial charge in [0.05, 0.1) is 16.6 Å². The molecule has 0 atom stereocenters. The summed E-state index contributed by atoms with van der Waals surface area (Å²) < 4.78 is 20.4. The normalized spacial score (nSPS) is 14.2. The maximum Gasteiger partial charge on any atom is 0.410 e. The van der Waals surface area contributed by atoms with Crippen molar-refractivity contribution in [3.05, 3.63) is 75.0 Å². The molecule has 10 heteroatoms. The molecule has 1 aliphatic rings. The highest BCUT2D eigenvalue weighted by Crippen LogP contribution is 2.40. The van der Waals surface area contributed by atoms with Crippen molar-refractivity contribution in [1.82, 2.24) is 20.0 Å². The van der Waals surface area contributed by atoms with Crippen LogP contribution in [0.15, 0.2) is 41.2 Å². The number of aromatic nitrogens is 2. The molecule has 0 spiro atoms. The van der Waals surface area contributed by atoms with Crippen molar-refractivity contribution in [2.45, 2.75) is 91.0 Å². The molecule has 0 unspecified atom stereocenters. The second kappa shape index (κ2) is 13.8. The molecule has 0 aliphatic carbocycles. The summed E-state index contributed by atoms with van der Waals surface area (Å²) in [7, 11) is -1.96. The number of ether oxygens (including phenoxy) is 1. The zero-order valence-corrected chi connectivity index (χ0v) is 29.6. The molecule has 1 aromatic heterocycles. The highest BCUT2D eigenvalue weighted by atomic mass is 28.3. The maximum absolute atomic E-state index is 15.0. The molecule has 8 nitrogen and oxygen atoms in total. The molecule has 2 amide bonds. The minimum atomic E-state index is -1.96. The van der Waals surface area contributed by atoms with E-state index in [1.165, 1.54) is 6.07 Å². The first-order valence-electron chi connectivity index (χ1n) is 16.1. The fourth-order valence-electron chi connectivity index (χ4n) is 6.67. The lowest BCUT2D eigenvalue weighted by Crippen LogP contribution is -2.51. The Balaban J connectivity index is 1.60. The van der Waals surface area contributed by atoms with Gasteiger partial charge in [-0.3, -0.25) is 9.59 Å². The molecule has 4 rings (SSSR count). The van der Waals surface area contributed by atoms with Crippen LogP contribution in [-0.2, 0) is 11.2 Å². The predicted molar refractivity (Wildman–Crippen MR) is 183 cm³/mol. The third-order valence-corrected chi connectivity index (χ3v) is 15.3. The number of aromatic amines is 1. The van der Waals surface area contributed by atoms with E-state index in [1.54, 1.807) is 48.8 Å². The van der Waals surface area contributed by atoms with Gasteiger partial charge in [0.1, 0.15) is 19.5 Å². The van der Waals surface area contributed by atoms with Gasteiger partial charge in [0, 0.05) is 43.5 Å². The average molecular weight is 647 g/mol. The molecule has 1 N–H and O–H groups in total. The van der Waals surface area contributed by atoms with E-state index >= 15 is 4.39 Å². The second-order valence-electron chi connectivity index (χ2n) is 14.2. The summed E-state index contributed by atoms with van der Waals surface area (Å²) in [5.41, 5.74) is 6.37. The monoisotopic (exact) mass is 646 g/mol. The number of piperazine rings is 1. The van der Waals surface area contributed by atoms with Crippen LogP contribution in [0.4, 0.5) is 9.18 Å². The molecule has 0 saturated carbocycles. The number of amides is 2. The highest BCUT2D eigenvalue weighted by molar-refractivity contribution is 6.90. The van der Waals surface area contributed by atoms with Gasteiger partial charge in [-0.05, 0) is 73.3 Å². The predicted octanol–water partition coefficient (Wildman–Crippen LogP) is 6.92. The molecule has 1 saturated heterocycles. The minimum absolute atomic E-state index is 0.0409. The standard InChI is InChI=1S/C36H47FN4O4Si/c1-23(2)46(24(3)4,25(5)6)19-14-26-10-12-28-29(20-26)32(38-39-33(28)42)22-27-11-13-31(37)30(21-27)34(43)40-15-17-41(18-16-40)35(44)45-36(7,8)9/h10-13,20-21,23-25H,15-18,22H2,1-9H3,(H,39,42). The smallest absolute Gasteiger partial charge is 0.410 e. The summed E-state index contributed by atoms with van der Waals surface area (Å²) >= 11 is 0. The van der Waals surface area contributed by atoms with Gasteiger partial charge in [-0.15, -0.1) is 5.54 Å². The van der Waals surface area contributed by atoms with Gasteiger partial charge < -0.3 is 14.5 Å². The Morgan fingerprint density at radius 3 is 2.13 bits per heavy atom. The van der Waals surface area contributed by atoms with Gasteiger partial charge in [-0.25, -0.2) is 14.3 Å². The summed E-state index contributed by atoms with van der Waals surface area (Å²) in [6.07, 6.45) is -0.150. The number of nitrogens with one attached hydrogen (secondary N) is 1. The number of H-pyrrole nitrogens is 1. The van der Waals surface area contributed by atoms with Crippen LogP contribution < -0.4 is 5.56 Å². The zero-order valence-electron chi connectivity index (χ0n) is 28.6. The zero-order chi connectivity index (χ0) is 34.0. The molecule has 1 aliphatic heterocycles. The molecule has 46 heavy (non-hydrogen) atoms. The average Bonchev–Trinajstić information content (AvgIpc) is 2.98. The van der Waals surface area contributed by atoms with Crippen molar-refractivity contribution in [1.29, 1.82) is 0 Å². The quantitative estimate of drug-likeness (QED) is 0.232. The van der Waals surface area contributed by atoms with Crippen molar-refractivity contribution >= 4 is 30.8 Å². The third-order valence-electron chi connectivity index (χ3n) is 9.01. The molecular weight excluding hydrogens is 600 g/mol. The van der Waals surface area contributed by atoms with Crippen molar-refractivity contribution in [3.63, 3.8) is 0 Å². The fourth-order valence-corrected chi connectivity index (χ4v) is 11.9. The molecule has 1 fully saturated rings. The van der Waals surface area contributed by atoms with Crippen LogP contribution in [0.5, 0.6) is 0 Å². The van der Waals surface area contributed by atoms with E-state index in [-0.39, 0.29) is 30.6 Å². The first-order chi connectivity index (χ1) is 21.5. The number of halogens is 1. The van der Waals surface area contributed by atoms with Crippen LogP contribution in [-0.4, -0.2) is 71.9 Å². The van der Waals surface area contributed by atoms with Gasteiger partial charge in [0.25, 0.3) is 11.5 Å². The Morgan fingerprint density at radius 1 is 0.935 bits per heavy atom. The van der Waals surface area contributed by atoms with Crippen LogP contribution in [0.3, 0.4) is 0 Å². The molecule has 246 valence electrons. The van der Waals surface area contributed by atoms with Crippen LogP contribution >= 0.6 is 0 Å². The fraction of sp³-hybridized carbons (Fsp3) is 0.500. The second-order valence-corrected chi connectivity index (χ2v) is 19.7. The van der Waals surface area contributed by atoms with E-state index in [0.717, 1.165) is 5.56 Å². The maximum atomic E-state index is 15.0. The SMILES string of the molecule is CC(C)[Si](C#Cc1ccc2c(=O)[nH]nc(Cc3ccc(F)c(C(=O)N4CCN(C(=O)OC(C)(C)C)CC4)c3)c2c1)(C(C)C)C(C)C. The van der Waals surface area contributed by atoms with Crippen LogP contribution in [0.1, 0.15) is 89.5 Å². The van der Waals surface area contributed by atoms with E-state index < -0.39 is 31.5 Å². The van der Waals surface area contributed by atoms with Crippen LogP contribution in [0.2, 0.25) is 16.6 Å². The van der Waals surface area contributed by atoms with Gasteiger partial charge >= 0.3 is 6.09 Å². The van der Waals surface area contributed by atoms with Gasteiger partial charge in [-0.1, -0.05) is 53.5 Å². The largest absolute Gasteiger partial charge is 0.444 e. The number of hydrogen-bond donors (Lipinski definition) is 1. The van der Waals surface area contributed by atoms with E-state index in [0.29, 0.717) is 51.7 Å². The topological polar surface area (TPSA) is 95.6 Å². The molecule has 0 radical (unpaired) electrons. The Labute approximate surface area is 272 Å². The lowest BCUT2D eigenvalue weighted by Gasteiger charge is -2.38. The number of hydrogen-bond acceptors (Lipinski definition) is 5. The Bertz CT molecular complexity index is 1700. The number of rotatable bonds is 6. The van der Waals surface area contributed by atoms with Crippen molar-refractivity contribution in [2.24, 2.45) is 0 Å². The molecule has 2 heterocycles. The number of nitrogens with zero attached hydrogens (tertiary/aromatic N) is 3. The van der Waals surface area contributed by atoms with Crippen LogP contribution in [0, 0.1) is 17.3 Å². The van der Waals surface area contributed by atoms with Crippen LogP contribution in [0.25, 0.3) is 10.8 Å². The van der Waals surface area contributed by atoms with E-state index in [4.69, 9.17) is 4.74 Å². The number of carbonyl (C=O) groups is 2. The van der Waals surface area contributed by atoms with E-state index in [9.17, 15) is 14.4 Å². The molecule has 0 bridgehead atoms. The number of benzene rings is 2. The number of fused-ring (bicyclic) bond motifs is 1. The first-order valence-corrected chi connectivity index (χ1v) is 18.4. The van der Waals surface area contributed by atoms with E-state index in [2.05, 4.69) is 63.2 Å². The lowest BCUT2D eigenvalue weighted by molar-refractivity contribution is 0.0140. The molecule has 2 aromatic carbocycles.